The quantitative estimate of drug-likeness (QED) is 0.402. The summed E-state index contributed by atoms with van der Waals surface area (Å²) in [4.78, 5) is 0. The van der Waals surface area contributed by atoms with E-state index in [4.69, 9.17) is 0 Å². The van der Waals surface area contributed by atoms with Gasteiger partial charge in [-0.05, 0) is 41.0 Å². The summed E-state index contributed by atoms with van der Waals surface area (Å²) in [7, 11) is 0. The zero-order valence-electron chi connectivity index (χ0n) is 15.3. The lowest BCUT2D eigenvalue weighted by Crippen LogP contribution is -2.33. The molecule has 2 nitrogen and oxygen atoms in total. The molecule has 1 heterocycles. The van der Waals surface area contributed by atoms with Crippen molar-refractivity contribution in [3.8, 4) is 5.75 Å². The Morgan fingerprint density at radius 3 is 2.13 bits per heavy atom. The first kappa shape index (κ1) is 20.3. The van der Waals surface area contributed by atoms with Crippen LogP contribution in [-0.2, 0) is 5.54 Å². The molecule has 2 atom stereocenters. The van der Waals surface area contributed by atoms with Gasteiger partial charge in [0.1, 0.15) is 17.4 Å². The molecule has 0 spiro atoms. The first-order chi connectivity index (χ1) is 14.2. The molecule has 0 amide bonds. The SMILES string of the molecule is Fc1ccc([C@]2(c3cc(F)cc(OC(F)(F)C(F)F)c3)NC2c2ccccc2)cc1. The second-order valence-corrected chi connectivity index (χ2v) is 6.94. The van der Waals surface area contributed by atoms with Gasteiger partial charge in [-0.15, -0.1) is 0 Å². The van der Waals surface area contributed by atoms with Crippen LogP contribution in [0.1, 0.15) is 22.7 Å². The molecule has 156 valence electrons. The van der Waals surface area contributed by atoms with Crippen LogP contribution in [0.4, 0.5) is 26.3 Å². The molecule has 1 saturated heterocycles. The second kappa shape index (κ2) is 7.36. The number of benzene rings is 3. The maximum Gasteiger partial charge on any atom is 0.461 e. The van der Waals surface area contributed by atoms with Crippen molar-refractivity contribution in [3.05, 3.63) is 101 Å². The Balaban J connectivity index is 1.80. The van der Waals surface area contributed by atoms with Gasteiger partial charge in [0.2, 0.25) is 0 Å². The third kappa shape index (κ3) is 3.63. The zero-order chi connectivity index (χ0) is 21.5. The molecule has 0 saturated carbocycles. The van der Waals surface area contributed by atoms with Crippen LogP contribution in [0.5, 0.6) is 5.75 Å². The predicted octanol–water partition coefficient (Wildman–Crippen LogP) is 5.79. The van der Waals surface area contributed by atoms with Gasteiger partial charge in [0.05, 0.1) is 11.6 Å². The van der Waals surface area contributed by atoms with E-state index >= 15 is 0 Å². The fourth-order valence-corrected chi connectivity index (χ4v) is 3.60. The third-order valence-electron chi connectivity index (χ3n) is 4.99. The lowest BCUT2D eigenvalue weighted by Gasteiger charge is -2.21. The highest BCUT2D eigenvalue weighted by molar-refractivity contribution is 5.53. The summed E-state index contributed by atoms with van der Waals surface area (Å²) < 4.78 is 83.6. The minimum atomic E-state index is -4.77. The van der Waals surface area contributed by atoms with E-state index in [0.717, 1.165) is 17.7 Å². The Hall–Kier alpha value is -3.00. The van der Waals surface area contributed by atoms with Crippen molar-refractivity contribution in [2.45, 2.75) is 24.1 Å². The van der Waals surface area contributed by atoms with Crippen LogP contribution in [0, 0.1) is 11.6 Å². The number of hydrogen-bond donors (Lipinski definition) is 1. The molecule has 1 aliphatic rings. The number of rotatable bonds is 6. The molecule has 3 aromatic rings. The molecule has 30 heavy (non-hydrogen) atoms. The normalized spacial score (nSPS) is 21.0. The van der Waals surface area contributed by atoms with Gasteiger partial charge < -0.3 is 4.74 Å². The molecule has 3 aromatic carbocycles. The average Bonchev–Trinajstić information content (AvgIpc) is 3.45. The van der Waals surface area contributed by atoms with Crippen LogP contribution in [0.2, 0.25) is 0 Å². The summed E-state index contributed by atoms with van der Waals surface area (Å²) in [6.07, 6.45) is -8.85. The first-order valence-electron chi connectivity index (χ1n) is 8.97. The molecule has 0 bridgehead atoms. The van der Waals surface area contributed by atoms with E-state index in [1.54, 1.807) is 12.1 Å². The van der Waals surface area contributed by atoms with Crippen LogP contribution in [0.15, 0.2) is 72.8 Å². The van der Waals surface area contributed by atoms with E-state index in [0.29, 0.717) is 11.6 Å². The number of hydrogen-bond acceptors (Lipinski definition) is 2. The first-order valence-corrected chi connectivity index (χ1v) is 8.97. The van der Waals surface area contributed by atoms with Gasteiger partial charge >= 0.3 is 12.5 Å². The second-order valence-electron chi connectivity index (χ2n) is 6.94. The fourth-order valence-electron chi connectivity index (χ4n) is 3.60. The van der Waals surface area contributed by atoms with Crippen LogP contribution < -0.4 is 10.1 Å². The Bertz CT molecular complexity index is 1040. The van der Waals surface area contributed by atoms with Crippen molar-refractivity contribution >= 4 is 0 Å². The molecule has 0 radical (unpaired) electrons. The van der Waals surface area contributed by atoms with Crippen molar-refractivity contribution in [1.29, 1.82) is 0 Å². The van der Waals surface area contributed by atoms with Gasteiger partial charge in [-0.1, -0.05) is 42.5 Å². The maximum absolute atomic E-state index is 14.3. The van der Waals surface area contributed by atoms with E-state index in [2.05, 4.69) is 10.1 Å². The molecule has 0 aromatic heterocycles. The Kier molecular flexibility index (Phi) is 4.97. The van der Waals surface area contributed by atoms with Gasteiger partial charge in [-0.2, -0.15) is 17.6 Å². The Labute approximate surface area is 168 Å². The Morgan fingerprint density at radius 2 is 1.50 bits per heavy atom. The molecule has 1 N–H and O–H groups in total. The highest BCUT2D eigenvalue weighted by Gasteiger charge is 2.57. The van der Waals surface area contributed by atoms with Gasteiger partial charge in [0.15, 0.2) is 0 Å². The summed E-state index contributed by atoms with van der Waals surface area (Å²) in [5, 5.41) is 3.21. The minimum Gasteiger partial charge on any atom is -0.428 e. The number of ether oxygens (including phenoxy) is 1. The standard InChI is InChI=1S/C22H15F6NO/c23-16-8-6-14(7-9-16)21(19(29-21)13-4-2-1-3-5-13)15-10-17(24)12-18(11-15)30-22(27,28)20(25)26/h1-12,19-20,29H/t19?,21-/m1/s1. The predicted molar refractivity (Wildman–Crippen MR) is 97.5 cm³/mol. The summed E-state index contributed by atoms with van der Waals surface area (Å²) in [5.74, 6) is -2.16. The van der Waals surface area contributed by atoms with Crippen LogP contribution in [-0.4, -0.2) is 12.5 Å². The van der Waals surface area contributed by atoms with Gasteiger partial charge in [-0.25, -0.2) is 8.78 Å². The van der Waals surface area contributed by atoms with Crippen molar-refractivity contribution in [3.63, 3.8) is 0 Å². The van der Waals surface area contributed by atoms with Gasteiger partial charge in [0.25, 0.3) is 0 Å². The molecule has 1 unspecified atom stereocenters. The lowest BCUT2D eigenvalue weighted by molar-refractivity contribution is -0.253. The van der Waals surface area contributed by atoms with E-state index < -0.39 is 35.5 Å². The molecule has 0 aliphatic carbocycles. The molecule has 8 heteroatoms. The molecule has 1 aliphatic heterocycles. The minimum absolute atomic E-state index is 0.183. The zero-order valence-corrected chi connectivity index (χ0v) is 15.3. The number of nitrogens with one attached hydrogen (secondary N) is 1. The van der Waals surface area contributed by atoms with Crippen molar-refractivity contribution in [2.24, 2.45) is 0 Å². The maximum atomic E-state index is 14.3. The van der Waals surface area contributed by atoms with Crippen molar-refractivity contribution in [1.82, 2.24) is 5.32 Å². The van der Waals surface area contributed by atoms with Crippen LogP contribution in [0.25, 0.3) is 0 Å². The van der Waals surface area contributed by atoms with Gasteiger partial charge in [0, 0.05) is 6.07 Å². The summed E-state index contributed by atoms with van der Waals surface area (Å²) >= 11 is 0. The molecular formula is C22H15F6NO. The van der Waals surface area contributed by atoms with Crippen molar-refractivity contribution in [2.75, 3.05) is 0 Å². The molecule has 4 rings (SSSR count). The van der Waals surface area contributed by atoms with E-state index in [1.807, 2.05) is 18.2 Å². The smallest absolute Gasteiger partial charge is 0.428 e. The Morgan fingerprint density at radius 1 is 0.833 bits per heavy atom. The highest BCUT2D eigenvalue weighted by Crippen LogP contribution is 2.54. The fraction of sp³-hybridized carbons (Fsp3) is 0.182. The van der Waals surface area contributed by atoms with Crippen LogP contribution in [0.3, 0.4) is 0 Å². The van der Waals surface area contributed by atoms with Crippen LogP contribution >= 0.6 is 0 Å². The van der Waals surface area contributed by atoms with E-state index in [9.17, 15) is 26.3 Å². The average molecular weight is 423 g/mol. The van der Waals surface area contributed by atoms with E-state index in [1.165, 1.54) is 24.3 Å². The summed E-state index contributed by atoms with van der Waals surface area (Å²) in [6, 6.07) is 16.9. The van der Waals surface area contributed by atoms with Crippen molar-refractivity contribution < 1.29 is 31.1 Å². The topological polar surface area (TPSA) is 31.2 Å². The van der Waals surface area contributed by atoms with Gasteiger partial charge in [-0.3, -0.25) is 5.32 Å². The summed E-state index contributed by atoms with van der Waals surface area (Å²) in [6.45, 7) is 0. The largest absolute Gasteiger partial charge is 0.461 e. The highest BCUT2D eigenvalue weighted by atomic mass is 19.3. The molecule has 1 fully saturated rings. The third-order valence-corrected chi connectivity index (χ3v) is 4.99. The number of halogens is 6. The lowest BCUT2D eigenvalue weighted by atomic mass is 9.85. The summed E-state index contributed by atoms with van der Waals surface area (Å²) in [5.41, 5.74) is 0.486. The monoisotopic (exact) mass is 423 g/mol. The molecular weight excluding hydrogens is 408 g/mol. The number of alkyl halides is 4. The van der Waals surface area contributed by atoms with E-state index in [-0.39, 0.29) is 11.6 Å².